The number of rotatable bonds is 8. The first-order chi connectivity index (χ1) is 9.15. The molecule has 108 valence electrons. The highest BCUT2D eigenvalue weighted by Crippen LogP contribution is 2.33. The van der Waals surface area contributed by atoms with E-state index >= 15 is 0 Å². The van der Waals surface area contributed by atoms with Gasteiger partial charge in [0.1, 0.15) is 0 Å². The third-order valence-corrected chi connectivity index (χ3v) is 3.73. The molecule has 1 aromatic carbocycles. The molecule has 1 rings (SSSR count). The lowest BCUT2D eigenvalue weighted by Crippen LogP contribution is -2.15. The zero-order chi connectivity index (χ0) is 14.3. The molecule has 1 aromatic rings. The minimum absolute atomic E-state index is 0.283. The first-order valence-corrected chi connectivity index (χ1v) is 7.50. The van der Waals surface area contributed by atoms with Gasteiger partial charge in [-0.05, 0) is 42.9 Å². The second-order valence-corrected chi connectivity index (χ2v) is 5.16. The van der Waals surface area contributed by atoms with Gasteiger partial charge in [-0.1, -0.05) is 40.2 Å². The molecular formula is C17H28O2. The van der Waals surface area contributed by atoms with Crippen molar-refractivity contribution >= 4 is 0 Å². The maximum absolute atomic E-state index is 6.14. The van der Waals surface area contributed by atoms with Gasteiger partial charge in [-0.25, -0.2) is 0 Å². The second-order valence-electron chi connectivity index (χ2n) is 5.16. The zero-order valence-corrected chi connectivity index (χ0v) is 13.0. The maximum Gasteiger partial charge on any atom is 0.161 e. The number of ether oxygens (including phenoxy) is 2. The van der Waals surface area contributed by atoms with E-state index in [1.165, 1.54) is 5.56 Å². The van der Waals surface area contributed by atoms with E-state index in [0.717, 1.165) is 37.2 Å². The summed E-state index contributed by atoms with van der Waals surface area (Å²) in [6.45, 7) is 8.82. The van der Waals surface area contributed by atoms with Crippen LogP contribution in [0.25, 0.3) is 0 Å². The largest absolute Gasteiger partial charge is 0.493 e. The van der Waals surface area contributed by atoms with Gasteiger partial charge in [0.05, 0.1) is 13.2 Å². The van der Waals surface area contributed by atoms with Gasteiger partial charge in [-0.15, -0.1) is 0 Å². The number of hydrogen-bond acceptors (Lipinski definition) is 2. The average Bonchev–Trinajstić information content (AvgIpc) is 2.45. The minimum Gasteiger partial charge on any atom is -0.493 e. The van der Waals surface area contributed by atoms with Crippen molar-refractivity contribution in [2.45, 2.75) is 65.4 Å². The van der Waals surface area contributed by atoms with E-state index in [-0.39, 0.29) is 6.10 Å². The van der Waals surface area contributed by atoms with E-state index < -0.39 is 0 Å². The van der Waals surface area contributed by atoms with Crippen LogP contribution >= 0.6 is 0 Å². The van der Waals surface area contributed by atoms with E-state index in [0.29, 0.717) is 5.92 Å². The van der Waals surface area contributed by atoms with Crippen LogP contribution in [-0.4, -0.2) is 13.2 Å². The summed E-state index contributed by atoms with van der Waals surface area (Å²) in [5.74, 6) is 2.28. The third kappa shape index (κ3) is 4.45. The van der Waals surface area contributed by atoms with Crippen LogP contribution in [0.1, 0.15) is 64.9 Å². The number of benzene rings is 1. The lowest BCUT2D eigenvalue weighted by atomic mass is 9.98. The summed E-state index contributed by atoms with van der Waals surface area (Å²) in [5, 5.41) is 0. The molecule has 0 fully saturated rings. The Bertz CT molecular complexity index is 374. The smallest absolute Gasteiger partial charge is 0.161 e. The van der Waals surface area contributed by atoms with E-state index in [1.807, 2.05) is 6.07 Å². The second kappa shape index (κ2) is 8.08. The maximum atomic E-state index is 6.14. The molecule has 0 saturated carbocycles. The fourth-order valence-electron chi connectivity index (χ4n) is 2.18. The van der Waals surface area contributed by atoms with Gasteiger partial charge in [0.15, 0.2) is 11.5 Å². The first-order valence-electron chi connectivity index (χ1n) is 7.50. The van der Waals surface area contributed by atoms with Crippen LogP contribution < -0.4 is 9.47 Å². The monoisotopic (exact) mass is 264 g/mol. The summed E-state index contributed by atoms with van der Waals surface area (Å²) in [5.41, 5.74) is 1.32. The van der Waals surface area contributed by atoms with Gasteiger partial charge < -0.3 is 9.47 Å². The Labute approximate surface area is 118 Å². The van der Waals surface area contributed by atoms with Gasteiger partial charge in [-0.3, -0.25) is 0 Å². The average molecular weight is 264 g/mol. The van der Waals surface area contributed by atoms with Crippen molar-refractivity contribution in [1.29, 1.82) is 0 Å². The molecule has 0 amide bonds. The number of hydrogen-bond donors (Lipinski definition) is 0. The van der Waals surface area contributed by atoms with Crippen molar-refractivity contribution < 1.29 is 9.47 Å². The molecule has 0 radical (unpaired) electrons. The van der Waals surface area contributed by atoms with Crippen molar-refractivity contribution in [2.75, 3.05) is 7.11 Å². The molecule has 0 aliphatic rings. The van der Waals surface area contributed by atoms with Gasteiger partial charge in [0, 0.05) is 0 Å². The Hall–Kier alpha value is -1.18. The van der Waals surface area contributed by atoms with E-state index in [1.54, 1.807) is 7.11 Å². The van der Waals surface area contributed by atoms with Crippen molar-refractivity contribution in [2.24, 2.45) is 0 Å². The number of methoxy groups -OCH3 is 1. The van der Waals surface area contributed by atoms with Crippen LogP contribution in [0.4, 0.5) is 0 Å². The molecule has 2 atom stereocenters. The van der Waals surface area contributed by atoms with E-state index in [9.17, 15) is 0 Å². The van der Waals surface area contributed by atoms with Crippen LogP contribution in [0.3, 0.4) is 0 Å². The van der Waals surface area contributed by atoms with Gasteiger partial charge in [0.2, 0.25) is 0 Å². The quantitative estimate of drug-likeness (QED) is 0.645. The Balaban J connectivity index is 2.94. The summed E-state index contributed by atoms with van der Waals surface area (Å²) in [6.07, 6.45) is 4.69. The van der Waals surface area contributed by atoms with Crippen LogP contribution in [0.15, 0.2) is 18.2 Å². The van der Waals surface area contributed by atoms with Crippen molar-refractivity contribution in [3.63, 3.8) is 0 Å². The lowest BCUT2D eigenvalue weighted by molar-refractivity contribution is 0.178. The van der Waals surface area contributed by atoms with Crippen LogP contribution in [-0.2, 0) is 0 Å². The molecule has 0 bridgehead atoms. The molecule has 0 aliphatic carbocycles. The highest BCUT2D eigenvalue weighted by molar-refractivity contribution is 5.44. The van der Waals surface area contributed by atoms with Crippen LogP contribution in [0.2, 0.25) is 0 Å². The molecule has 2 unspecified atom stereocenters. The van der Waals surface area contributed by atoms with Crippen LogP contribution in [0.5, 0.6) is 11.5 Å². The summed E-state index contributed by atoms with van der Waals surface area (Å²) < 4.78 is 11.5. The molecule has 0 N–H and O–H groups in total. The molecule has 19 heavy (non-hydrogen) atoms. The van der Waals surface area contributed by atoms with Crippen molar-refractivity contribution in [3.8, 4) is 11.5 Å². The summed E-state index contributed by atoms with van der Waals surface area (Å²) in [6, 6.07) is 6.31. The van der Waals surface area contributed by atoms with Crippen molar-refractivity contribution in [1.82, 2.24) is 0 Å². The SMILES string of the molecule is CCCC(CC)Oc1cc(C(C)CC)ccc1OC. The highest BCUT2D eigenvalue weighted by Gasteiger charge is 2.13. The minimum atomic E-state index is 0.283. The summed E-state index contributed by atoms with van der Waals surface area (Å²) in [4.78, 5) is 0. The topological polar surface area (TPSA) is 18.5 Å². The fraction of sp³-hybridized carbons (Fsp3) is 0.647. The normalized spacial score (nSPS) is 13.9. The lowest BCUT2D eigenvalue weighted by Gasteiger charge is -2.20. The molecule has 0 heterocycles. The molecule has 0 saturated heterocycles. The Kier molecular flexibility index (Phi) is 6.75. The molecular weight excluding hydrogens is 236 g/mol. The summed E-state index contributed by atoms with van der Waals surface area (Å²) >= 11 is 0. The summed E-state index contributed by atoms with van der Waals surface area (Å²) in [7, 11) is 1.70. The fourth-order valence-corrected chi connectivity index (χ4v) is 2.18. The Morgan fingerprint density at radius 3 is 2.32 bits per heavy atom. The molecule has 0 spiro atoms. The van der Waals surface area contributed by atoms with E-state index in [2.05, 4.69) is 39.8 Å². The van der Waals surface area contributed by atoms with Crippen LogP contribution in [0, 0.1) is 0 Å². The zero-order valence-electron chi connectivity index (χ0n) is 13.0. The molecule has 2 heteroatoms. The van der Waals surface area contributed by atoms with Crippen molar-refractivity contribution in [3.05, 3.63) is 23.8 Å². The molecule has 0 aromatic heterocycles. The van der Waals surface area contributed by atoms with Gasteiger partial charge in [0.25, 0.3) is 0 Å². The Morgan fingerprint density at radius 2 is 1.79 bits per heavy atom. The molecule has 0 aliphatic heterocycles. The molecule has 2 nitrogen and oxygen atoms in total. The van der Waals surface area contributed by atoms with Gasteiger partial charge in [-0.2, -0.15) is 0 Å². The Morgan fingerprint density at radius 1 is 1.05 bits per heavy atom. The predicted molar refractivity (Wildman–Crippen MR) is 81.3 cm³/mol. The highest BCUT2D eigenvalue weighted by atomic mass is 16.5. The van der Waals surface area contributed by atoms with E-state index in [4.69, 9.17) is 9.47 Å². The third-order valence-electron chi connectivity index (χ3n) is 3.73. The first kappa shape index (κ1) is 15.9. The van der Waals surface area contributed by atoms with Gasteiger partial charge >= 0.3 is 0 Å². The predicted octanol–water partition coefficient (Wildman–Crippen LogP) is 5.17. The standard InChI is InChI=1S/C17H28O2/c1-6-9-15(8-3)19-17-12-14(13(4)7-2)10-11-16(17)18-5/h10-13,15H,6-9H2,1-5H3.